The van der Waals surface area contributed by atoms with Gasteiger partial charge in [0, 0.05) is 11.8 Å². The molecule has 4 aromatic rings. The molecule has 4 aromatic carbocycles. The molecule has 0 spiro atoms. The number of methoxy groups -OCH3 is 1. The van der Waals surface area contributed by atoms with Crippen LogP contribution >= 0.6 is 0 Å². The highest BCUT2D eigenvalue weighted by atomic mass is 32.2. The van der Waals surface area contributed by atoms with Crippen LogP contribution in [-0.2, 0) is 40.2 Å². The van der Waals surface area contributed by atoms with Crippen molar-refractivity contribution in [1.29, 1.82) is 0 Å². The average Bonchev–Trinajstić information content (AvgIpc) is 3.80. The van der Waals surface area contributed by atoms with E-state index in [-0.39, 0.29) is 48.5 Å². The summed E-state index contributed by atoms with van der Waals surface area (Å²) in [5.74, 6) is -4.06. The molecule has 3 aliphatic rings. The topological polar surface area (TPSA) is 156 Å². The third-order valence-electron chi connectivity index (χ3n) is 11.1. The lowest BCUT2D eigenvalue weighted by atomic mass is 9.74. The Balaban J connectivity index is 1.01. The van der Waals surface area contributed by atoms with E-state index < -0.39 is 73.6 Å². The zero-order chi connectivity index (χ0) is 41.4. The average molecular weight is 829 g/mol. The van der Waals surface area contributed by atoms with E-state index in [0.29, 0.717) is 31.7 Å². The van der Waals surface area contributed by atoms with Crippen molar-refractivity contribution in [3.05, 3.63) is 95.8 Å². The molecule has 0 radical (unpaired) electrons. The Morgan fingerprint density at radius 2 is 1.66 bits per heavy atom. The van der Waals surface area contributed by atoms with Crippen molar-refractivity contribution in [3.8, 4) is 11.5 Å². The number of benzene rings is 4. The molecule has 0 bridgehead atoms. The van der Waals surface area contributed by atoms with Crippen LogP contribution in [0.4, 0.5) is 23.2 Å². The molecule has 1 aliphatic heterocycles. The number of carbonyl (C=O) groups is 3. The second kappa shape index (κ2) is 16.2. The van der Waals surface area contributed by atoms with E-state index in [2.05, 4.69) is 10.6 Å². The third kappa shape index (κ3) is 8.20. The van der Waals surface area contributed by atoms with Gasteiger partial charge in [0.15, 0.2) is 11.6 Å². The number of halogens is 4. The van der Waals surface area contributed by atoms with Crippen LogP contribution in [-0.4, -0.2) is 70.0 Å². The van der Waals surface area contributed by atoms with Crippen molar-refractivity contribution >= 4 is 44.1 Å². The van der Waals surface area contributed by atoms with Gasteiger partial charge in [-0.05, 0) is 79.6 Å². The third-order valence-corrected chi connectivity index (χ3v) is 12.6. The van der Waals surface area contributed by atoms with Gasteiger partial charge in [-0.1, -0.05) is 48.5 Å². The molecule has 2 amide bonds. The Morgan fingerprint density at radius 3 is 2.40 bits per heavy atom. The number of hydrogen-bond acceptors (Lipinski definition) is 10. The van der Waals surface area contributed by atoms with E-state index >= 15 is 4.39 Å². The van der Waals surface area contributed by atoms with Crippen molar-refractivity contribution in [2.75, 3.05) is 19.2 Å². The van der Waals surface area contributed by atoms with E-state index in [0.717, 1.165) is 34.5 Å². The summed E-state index contributed by atoms with van der Waals surface area (Å²) >= 11 is 0. The molecule has 4 atom stereocenters. The van der Waals surface area contributed by atoms with E-state index in [9.17, 15) is 36.0 Å². The van der Waals surface area contributed by atoms with Gasteiger partial charge in [-0.25, -0.2) is 12.8 Å². The first-order valence-corrected chi connectivity index (χ1v) is 20.0. The maximum Gasteiger partial charge on any atom is 0.501 e. The van der Waals surface area contributed by atoms with Crippen molar-refractivity contribution in [2.24, 2.45) is 11.3 Å². The van der Waals surface area contributed by atoms with Crippen LogP contribution in [0.3, 0.4) is 0 Å². The molecule has 2 N–H and O–H groups in total. The fourth-order valence-electron chi connectivity index (χ4n) is 7.80. The molecule has 0 aromatic heterocycles. The second-order valence-corrected chi connectivity index (χ2v) is 16.8. The molecular weight excluding hydrogens is 789 g/mol. The summed E-state index contributed by atoms with van der Waals surface area (Å²) in [4.78, 5) is 39.7. The minimum Gasteiger partial charge on any atom is -0.496 e. The van der Waals surface area contributed by atoms with Gasteiger partial charge >= 0.3 is 11.5 Å². The number of alkyl halides is 3. The maximum absolute atomic E-state index is 15.4. The van der Waals surface area contributed by atoms with Crippen molar-refractivity contribution in [3.63, 3.8) is 0 Å². The van der Waals surface area contributed by atoms with Crippen LogP contribution in [0.15, 0.2) is 83.8 Å². The number of fused-ring (bicyclic) bond motifs is 2. The highest BCUT2D eigenvalue weighted by Crippen LogP contribution is 2.41. The zero-order valence-electron chi connectivity index (χ0n) is 31.3. The molecule has 58 heavy (non-hydrogen) atoms. The highest BCUT2D eigenvalue weighted by Gasteiger charge is 2.52. The molecule has 12 nitrogen and oxygen atoms in total. The van der Waals surface area contributed by atoms with Crippen LogP contribution < -0.4 is 20.1 Å². The number of sulfone groups is 1. The minimum absolute atomic E-state index is 0.0498. The van der Waals surface area contributed by atoms with Crippen LogP contribution in [0.5, 0.6) is 11.5 Å². The van der Waals surface area contributed by atoms with Crippen molar-refractivity contribution < 1.29 is 64.0 Å². The van der Waals surface area contributed by atoms with Crippen LogP contribution in [0, 0.1) is 17.2 Å². The van der Waals surface area contributed by atoms with Crippen molar-refractivity contribution in [1.82, 2.24) is 5.32 Å². The lowest BCUT2D eigenvalue weighted by Crippen LogP contribution is -2.48. The first kappa shape index (κ1) is 40.9. The lowest BCUT2D eigenvalue weighted by molar-refractivity contribution is -0.159. The molecule has 2 aliphatic carbocycles. The summed E-state index contributed by atoms with van der Waals surface area (Å²) in [6.07, 6.45) is -0.239. The molecule has 2 saturated carbocycles. The monoisotopic (exact) mass is 828 g/mol. The van der Waals surface area contributed by atoms with Gasteiger partial charge in [0.25, 0.3) is 15.7 Å². The smallest absolute Gasteiger partial charge is 0.496 e. The predicted molar refractivity (Wildman–Crippen MR) is 200 cm³/mol. The summed E-state index contributed by atoms with van der Waals surface area (Å²) in [7, 11) is -4.44. The molecule has 7 rings (SSSR count). The van der Waals surface area contributed by atoms with Gasteiger partial charge in [0.1, 0.15) is 25.3 Å². The molecule has 308 valence electrons. The van der Waals surface area contributed by atoms with Gasteiger partial charge in [-0.3, -0.25) is 14.4 Å². The predicted octanol–water partition coefficient (Wildman–Crippen LogP) is 6.85. The van der Waals surface area contributed by atoms with E-state index in [1.54, 1.807) is 0 Å². The SMILES string of the molecule is COc1cc(F)c(O[C@H]2CC[C@@](C)(C(=O)OCc3cccc4ccccc34)CC2)cc1C(=O)N[C@@H]1[C@H]2OCO[C@H]2C[C@@H]1C(=O)Nc1cccc(S(=O)(=O)C(F)(F)F)c1. The van der Waals surface area contributed by atoms with Gasteiger partial charge in [-0.15, -0.1) is 0 Å². The second-order valence-electron chi connectivity index (χ2n) is 14.8. The number of rotatable bonds is 11. The summed E-state index contributed by atoms with van der Waals surface area (Å²) in [6.45, 7) is 1.84. The van der Waals surface area contributed by atoms with Gasteiger partial charge in [0.2, 0.25) is 5.91 Å². The molecule has 1 heterocycles. The Labute approximate surface area is 331 Å². The molecular formula is C41H40F4N2O10S. The summed E-state index contributed by atoms with van der Waals surface area (Å²) in [5.41, 5.74) is -5.79. The number of amides is 2. The number of esters is 1. The van der Waals surface area contributed by atoms with Gasteiger partial charge < -0.3 is 34.3 Å². The van der Waals surface area contributed by atoms with Crippen molar-refractivity contribution in [2.45, 2.75) is 80.4 Å². The Morgan fingerprint density at radius 1 is 0.931 bits per heavy atom. The maximum atomic E-state index is 15.4. The lowest BCUT2D eigenvalue weighted by Gasteiger charge is -2.35. The summed E-state index contributed by atoms with van der Waals surface area (Å²) in [5, 5.41) is 7.25. The molecule has 3 fully saturated rings. The Bertz CT molecular complexity index is 2330. The van der Waals surface area contributed by atoms with Crippen LogP contribution in [0.1, 0.15) is 54.9 Å². The normalized spacial score (nSPS) is 24.5. The fourth-order valence-corrected chi connectivity index (χ4v) is 8.61. The Hall–Kier alpha value is -5.26. The van der Waals surface area contributed by atoms with Gasteiger partial charge in [-0.2, -0.15) is 13.2 Å². The quantitative estimate of drug-likeness (QED) is 0.121. The molecule has 1 saturated heterocycles. The zero-order valence-corrected chi connectivity index (χ0v) is 32.2. The number of carbonyl (C=O) groups excluding carboxylic acids is 3. The van der Waals surface area contributed by atoms with E-state index in [1.807, 2.05) is 49.4 Å². The standard InChI is InChI=1S/C41H40F4N2O10S/c1-40(39(50)54-21-24-9-5-8-23-7-3-4-12-28(23)24)15-13-26(14-16-40)57-33-18-29(32(53-2)20-31(33)42)37(48)47-35-30(19-34-36(35)56-22-55-34)38(49)46-25-10-6-11-27(17-25)58(51,52)41(43,44)45/h3-12,17-18,20,26,30,34-36H,13-16,19,21-22H2,1-2H3,(H,46,49)(H,47,48)/t26-,30-,34-,35-,36-,40+/m0/s1. The Kier molecular flexibility index (Phi) is 11.4. The number of ether oxygens (including phenoxy) is 5. The first-order chi connectivity index (χ1) is 27.6. The number of hydrogen-bond donors (Lipinski definition) is 2. The van der Waals surface area contributed by atoms with Gasteiger partial charge in [0.05, 0.1) is 47.2 Å². The van der Waals surface area contributed by atoms with E-state index in [1.165, 1.54) is 19.2 Å². The summed E-state index contributed by atoms with van der Waals surface area (Å²) < 4.78 is 107. The number of anilines is 1. The number of nitrogens with one attached hydrogen (secondary N) is 2. The minimum atomic E-state index is -5.69. The summed E-state index contributed by atoms with van der Waals surface area (Å²) in [6, 6.07) is 18.5. The highest BCUT2D eigenvalue weighted by molar-refractivity contribution is 7.92. The molecule has 17 heteroatoms. The van der Waals surface area contributed by atoms with Crippen LogP contribution in [0.25, 0.3) is 10.8 Å². The van der Waals surface area contributed by atoms with Crippen LogP contribution in [0.2, 0.25) is 0 Å². The fraction of sp³-hybridized carbons (Fsp3) is 0.390. The van der Waals surface area contributed by atoms with E-state index in [4.69, 9.17) is 23.7 Å². The largest absolute Gasteiger partial charge is 0.501 e. The molecule has 0 unspecified atom stereocenters. The first-order valence-electron chi connectivity index (χ1n) is 18.5.